The SMILES string of the molecule is COc1cccc2cc(C(=O)N3CCN(c4nc(C)cc(N5CCCCC5)n4)CC3)c(=O)oc12. The second-order valence-corrected chi connectivity index (χ2v) is 8.82. The predicted octanol–water partition coefficient (Wildman–Crippen LogP) is 2.85. The molecular weight excluding hydrogens is 434 g/mol. The van der Waals surface area contributed by atoms with Crippen LogP contribution < -0.4 is 20.2 Å². The fourth-order valence-corrected chi connectivity index (χ4v) is 4.67. The number of para-hydroxylation sites is 1. The topological polar surface area (TPSA) is 92.0 Å². The lowest BCUT2D eigenvalue weighted by Crippen LogP contribution is -2.50. The number of aryl methyl sites for hydroxylation is 1. The number of hydrogen-bond acceptors (Lipinski definition) is 8. The molecule has 0 radical (unpaired) electrons. The minimum Gasteiger partial charge on any atom is -0.493 e. The number of benzene rings is 1. The van der Waals surface area contributed by atoms with Crippen LogP contribution in [0.5, 0.6) is 5.75 Å². The van der Waals surface area contributed by atoms with Crippen molar-refractivity contribution in [2.24, 2.45) is 0 Å². The van der Waals surface area contributed by atoms with E-state index < -0.39 is 5.63 Å². The van der Waals surface area contributed by atoms with Crippen molar-refractivity contribution in [3.05, 3.63) is 52.0 Å². The predicted molar refractivity (Wildman–Crippen MR) is 130 cm³/mol. The van der Waals surface area contributed by atoms with E-state index in [1.54, 1.807) is 29.2 Å². The van der Waals surface area contributed by atoms with Gasteiger partial charge in [0, 0.05) is 56.4 Å². The second kappa shape index (κ2) is 9.32. The summed E-state index contributed by atoms with van der Waals surface area (Å²) < 4.78 is 10.7. The zero-order valence-corrected chi connectivity index (χ0v) is 19.6. The highest BCUT2D eigenvalue weighted by atomic mass is 16.5. The summed E-state index contributed by atoms with van der Waals surface area (Å²) >= 11 is 0. The molecule has 2 saturated heterocycles. The number of rotatable bonds is 4. The van der Waals surface area contributed by atoms with Crippen LogP contribution in [-0.4, -0.2) is 67.2 Å². The molecule has 0 unspecified atom stereocenters. The molecular formula is C25H29N5O4. The van der Waals surface area contributed by atoms with Crippen molar-refractivity contribution in [3.63, 3.8) is 0 Å². The molecule has 1 amide bonds. The van der Waals surface area contributed by atoms with Crippen molar-refractivity contribution in [3.8, 4) is 5.75 Å². The van der Waals surface area contributed by atoms with Gasteiger partial charge in [-0.1, -0.05) is 12.1 Å². The maximum atomic E-state index is 13.2. The second-order valence-electron chi connectivity index (χ2n) is 8.82. The third kappa shape index (κ3) is 4.30. The van der Waals surface area contributed by atoms with Crippen LogP contribution >= 0.6 is 0 Å². The van der Waals surface area contributed by atoms with Crippen LogP contribution in [0.3, 0.4) is 0 Å². The minimum atomic E-state index is -0.655. The molecule has 0 bridgehead atoms. The quantitative estimate of drug-likeness (QED) is 0.546. The maximum Gasteiger partial charge on any atom is 0.349 e. The first-order valence-corrected chi connectivity index (χ1v) is 11.8. The summed E-state index contributed by atoms with van der Waals surface area (Å²) in [5, 5.41) is 0.652. The summed E-state index contributed by atoms with van der Waals surface area (Å²) in [6, 6.07) is 8.95. The Morgan fingerprint density at radius 1 is 0.971 bits per heavy atom. The van der Waals surface area contributed by atoms with Gasteiger partial charge in [0.25, 0.3) is 5.91 Å². The Bertz CT molecular complexity index is 1260. The summed E-state index contributed by atoms with van der Waals surface area (Å²) in [4.78, 5) is 41.4. The first-order valence-electron chi connectivity index (χ1n) is 11.8. The van der Waals surface area contributed by atoms with Crippen LogP contribution in [0.4, 0.5) is 11.8 Å². The number of nitrogens with zero attached hydrogens (tertiary/aromatic N) is 5. The molecule has 9 heteroatoms. The molecule has 3 aromatic rings. The molecule has 9 nitrogen and oxygen atoms in total. The first-order chi connectivity index (χ1) is 16.5. The molecule has 34 heavy (non-hydrogen) atoms. The molecule has 0 N–H and O–H groups in total. The summed E-state index contributed by atoms with van der Waals surface area (Å²) in [7, 11) is 1.51. The van der Waals surface area contributed by atoms with Crippen LogP contribution in [0.2, 0.25) is 0 Å². The standard InChI is InChI=1S/C25H29N5O4/c1-17-15-21(28-9-4-3-5-10-28)27-25(26-17)30-13-11-29(12-14-30)23(31)19-16-18-7-6-8-20(33-2)22(18)34-24(19)32/h6-8,15-16H,3-5,9-14H2,1-2H3. The molecule has 0 atom stereocenters. The number of carbonyl (C=O) groups is 1. The highest BCUT2D eigenvalue weighted by Crippen LogP contribution is 2.25. The monoisotopic (exact) mass is 463 g/mol. The van der Waals surface area contributed by atoms with Gasteiger partial charge in [-0.25, -0.2) is 9.78 Å². The number of carbonyl (C=O) groups excluding carboxylic acids is 1. The van der Waals surface area contributed by atoms with Crippen molar-refractivity contribution in [1.82, 2.24) is 14.9 Å². The molecule has 5 rings (SSSR count). The highest BCUT2D eigenvalue weighted by Gasteiger charge is 2.27. The lowest BCUT2D eigenvalue weighted by atomic mass is 10.1. The highest BCUT2D eigenvalue weighted by molar-refractivity contribution is 5.97. The van der Waals surface area contributed by atoms with E-state index in [0.717, 1.165) is 24.6 Å². The molecule has 0 saturated carbocycles. The molecule has 2 aliphatic heterocycles. The number of anilines is 2. The number of ether oxygens (including phenoxy) is 1. The van der Waals surface area contributed by atoms with E-state index in [1.165, 1.54) is 26.4 Å². The van der Waals surface area contributed by atoms with E-state index in [1.807, 2.05) is 13.0 Å². The van der Waals surface area contributed by atoms with Gasteiger partial charge in [-0.05, 0) is 38.3 Å². The molecule has 0 spiro atoms. The Labute approximate surface area is 197 Å². The lowest BCUT2D eigenvalue weighted by Gasteiger charge is -2.35. The number of piperidine rings is 1. The number of fused-ring (bicyclic) bond motifs is 1. The minimum absolute atomic E-state index is 0.0355. The Morgan fingerprint density at radius 2 is 1.74 bits per heavy atom. The van der Waals surface area contributed by atoms with Gasteiger partial charge in [0.05, 0.1) is 7.11 Å². The number of hydrogen-bond donors (Lipinski definition) is 0. The van der Waals surface area contributed by atoms with E-state index in [2.05, 4.69) is 14.8 Å². The average molecular weight is 464 g/mol. The third-order valence-corrected chi connectivity index (χ3v) is 6.53. The Morgan fingerprint density at radius 3 is 2.47 bits per heavy atom. The first kappa shape index (κ1) is 22.2. The number of amides is 1. The fourth-order valence-electron chi connectivity index (χ4n) is 4.67. The van der Waals surface area contributed by atoms with Crippen LogP contribution in [0.25, 0.3) is 11.0 Å². The molecule has 2 aliphatic rings. The van der Waals surface area contributed by atoms with Gasteiger partial charge in [0.15, 0.2) is 11.3 Å². The molecule has 2 fully saturated rings. The molecule has 4 heterocycles. The van der Waals surface area contributed by atoms with E-state index in [4.69, 9.17) is 14.1 Å². The molecule has 0 aliphatic carbocycles. The smallest absolute Gasteiger partial charge is 0.349 e. The Balaban J connectivity index is 1.31. The van der Waals surface area contributed by atoms with E-state index >= 15 is 0 Å². The normalized spacial score (nSPS) is 16.7. The molecule has 1 aromatic carbocycles. The lowest BCUT2D eigenvalue weighted by molar-refractivity contribution is 0.0742. The van der Waals surface area contributed by atoms with Gasteiger partial charge in [0.1, 0.15) is 11.4 Å². The van der Waals surface area contributed by atoms with Crippen molar-refractivity contribution >= 4 is 28.6 Å². The summed E-state index contributed by atoms with van der Waals surface area (Å²) in [6.45, 7) is 6.20. The van der Waals surface area contributed by atoms with Crippen LogP contribution in [-0.2, 0) is 0 Å². The maximum absolute atomic E-state index is 13.2. The van der Waals surface area contributed by atoms with E-state index in [0.29, 0.717) is 48.8 Å². The zero-order valence-electron chi connectivity index (χ0n) is 19.6. The largest absolute Gasteiger partial charge is 0.493 e. The molecule has 2 aromatic heterocycles. The number of aromatic nitrogens is 2. The van der Waals surface area contributed by atoms with Gasteiger partial charge in [-0.3, -0.25) is 4.79 Å². The van der Waals surface area contributed by atoms with Crippen LogP contribution in [0, 0.1) is 6.92 Å². The van der Waals surface area contributed by atoms with Crippen molar-refractivity contribution in [2.75, 3.05) is 56.2 Å². The summed E-state index contributed by atoms with van der Waals surface area (Å²) in [5.74, 6) is 1.82. The van der Waals surface area contributed by atoms with Gasteiger partial charge < -0.3 is 23.9 Å². The summed E-state index contributed by atoms with van der Waals surface area (Å²) in [6.07, 6.45) is 3.65. The zero-order chi connectivity index (χ0) is 23.7. The van der Waals surface area contributed by atoms with Crippen molar-refractivity contribution in [2.45, 2.75) is 26.2 Å². The van der Waals surface area contributed by atoms with Gasteiger partial charge in [0.2, 0.25) is 5.95 Å². The fraction of sp³-hybridized carbons (Fsp3) is 0.440. The Kier molecular flexibility index (Phi) is 6.08. The molecule has 178 valence electrons. The van der Waals surface area contributed by atoms with Gasteiger partial charge >= 0.3 is 5.63 Å². The van der Waals surface area contributed by atoms with E-state index in [9.17, 15) is 9.59 Å². The Hall–Kier alpha value is -3.62. The van der Waals surface area contributed by atoms with Gasteiger partial charge in [-0.15, -0.1) is 0 Å². The average Bonchev–Trinajstić information content (AvgIpc) is 2.88. The van der Waals surface area contributed by atoms with E-state index in [-0.39, 0.29) is 11.5 Å². The van der Waals surface area contributed by atoms with Crippen LogP contribution in [0.15, 0.2) is 39.5 Å². The van der Waals surface area contributed by atoms with Gasteiger partial charge in [-0.2, -0.15) is 4.98 Å². The number of piperazine rings is 1. The van der Waals surface area contributed by atoms with Crippen LogP contribution in [0.1, 0.15) is 35.3 Å². The van der Waals surface area contributed by atoms with Crippen molar-refractivity contribution in [1.29, 1.82) is 0 Å². The summed E-state index contributed by atoms with van der Waals surface area (Å²) in [5.41, 5.74) is 0.664. The van der Waals surface area contributed by atoms with Crippen molar-refractivity contribution < 1.29 is 13.9 Å². The number of methoxy groups -OCH3 is 1. The third-order valence-electron chi connectivity index (χ3n) is 6.53.